The van der Waals surface area contributed by atoms with E-state index < -0.39 is 5.97 Å². The molecule has 0 fully saturated rings. The fourth-order valence-electron chi connectivity index (χ4n) is 2.36. The van der Waals surface area contributed by atoms with E-state index in [0.717, 1.165) is 0 Å². The van der Waals surface area contributed by atoms with Crippen molar-refractivity contribution in [1.82, 2.24) is 30.1 Å². The van der Waals surface area contributed by atoms with Crippen LogP contribution < -0.4 is 10.9 Å². The van der Waals surface area contributed by atoms with Crippen LogP contribution in [0, 0.1) is 0 Å². The van der Waals surface area contributed by atoms with Crippen LogP contribution in [0.4, 0.5) is 11.5 Å². The summed E-state index contributed by atoms with van der Waals surface area (Å²) < 4.78 is 0.300. The standard InChI is InChI=1S/C13H8BrN7O3/c14-7-6-10(15-3-16-11(6)19-8(7)13(23)24)18-5-1-4-2-17-21-9(4)20-12(5)22/h1-3H,(H,23,24)(H2,15,16,18,19)(H2,17,20,21,22). The van der Waals surface area contributed by atoms with Crippen molar-refractivity contribution in [2.24, 2.45) is 0 Å². The third-order valence-corrected chi connectivity index (χ3v) is 4.24. The molecule has 5 N–H and O–H groups in total. The van der Waals surface area contributed by atoms with Crippen molar-refractivity contribution in [2.75, 3.05) is 5.32 Å². The third kappa shape index (κ3) is 2.13. The van der Waals surface area contributed by atoms with Gasteiger partial charge in [-0.15, -0.1) is 0 Å². The Hall–Kier alpha value is -3.21. The first kappa shape index (κ1) is 14.4. The summed E-state index contributed by atoms with van der Waals surface area (Å²) in [7, 11) is 0. The van der Waals surface area contributed by atoms with Gasteiger partial charge >= 0.3 is 5.97 Å². The first-order chi connectivity index (χ1) is 11.5. The number of carbonyl (C=O) groups is 1. The van der Waals surface area contributed by atoms with Crippen molar-refractivity contribution in [2.45, 2.75) is 0 Å². The molecule has 120 valence electrons. The van der Waals surface area contributed by atoms with E-state index in [1.54, 1.807) is 12.3 Å². The van der Waals surface area contributed by atoms with Gasteiger partial charge in [-0.25, -0.2) is 14.8 Å². The van der Waals surface area contributed by atoms with Crippen LogP contribution in [0.2, 0.25) is 0 Å². The first-order valence-corrected chi connectivity index (χ1v) is 7.43. The van der Waals surface area contributed by atoms with Gasteiger partial charge < -0.3 is 20.4 Å². The second kappa shape index (κ2) is 5.16. The van der Waals surface area contributed by atoms with Gasteiger partial charge in [0.1, 0.15) is 34.8 Å². The van der Waals surface area contributed by atoms with Crippen molar-refractivity contribution in [3.63, 3.8) is 0 Å². The Bertz CT molecular complexity index is 1160. The Morgan fingerprint density at radius 2 is 2.12 bits per heavy atom. The zero-order valence-corrected chi connectivity index (χ0v) is 13.3. The molecule has 0 aromatic carbocycles. The van der Waals surface area contributed by atoms with Crippen molar-refractivity contribution >= 4 is 55.5 Å². The van der Waals surface area contributed by atoms with Crippen molar-refractivity contribution in [1.29, 1.82) is 0 Å². The smallest absolute Gasteiger partial charge is 0.353 e. The van der Waals surface area contributed by atoms with Crippen LogP contribution >= 0.6 is 15.9 Å². The topological polar surface area (TPSA) is 152 Å². The highest BCUT2D eigenvalue weighted by atomic mass is 79.9. The van der Waals surface area contributed by atoms with Crippen LogP contribution in [0.15, 0.2) is 27.9 Å². The van der Waals surface area contributed by atoms with Crippen molar-refractivity contribution < 1.29 is 9.90 Å². The summed E-state index contributed by atoms with van der Waals surface area (Å²) in [6.45, 7) is 0. The number of halogens is 1. The Morgan fingerprint density at radius 1 is 1.29 bits per heavy atom. The van der Waals surface area contributed by atoms with Crippen LogP contribution in [0.3, 0.4) is 0 Å². The van der Waals surface area contributed by atoms with Gasteiger partial charge in [-0.3, -0.25) is 9.89 Å². The molecule has 10 nitrogen and oxygen atoms in total. The lowest BCUT2D eigenvalue weighted by molar-refractivity contribution is 0.0690. The summed E-state index contributed by atoms with van der Waals surface area (Å²) in [5, 5.41) is 19.8. The quantitative estimate of drug-likeness (QED) is 0.357. The maximum Gasteiger partial charge on any atom is 0.353 e. The van der Waals surface area contributed by atoms with Gasteiger partial charge in [0.25, 0.3) is 5.56 Å². The summed E-state index contributed by atoms with van der Waals surface area (Å²) in [6.07, 6.45) is 2.84. The maximum atomic E-state index is 12.1. The molecule has 0 spiro atoms. The second-order valence-electron chi connectivity index (χ2n) is 4.90. The molecule has 24 heavy (non-hydrogen) atoms. The van der Waals surface area contributed by atoms with E-state index in [1.165, 1.54) is 6.33 Å². The number of hydrogen-bond donors (Lipinski definition) is 5. The average molecular weight is 390 g/mol. The fraction of sp³-hybridized carbons (Fsp3) is 0. The van der Waals surface area contributed by atoms with Crippen LogP contribution in [-0.4, -0.2) is 41.2 Å². The number of carboxylic acid groups (broad SMARTS) is 1. The van der Waals surface area contributed by atoms with Crippen LogP contribution in [-0.2, 0) is 0 Å². The number of aromatic nitrogens is 6. The summed E-state index contributed by atoms with van der Waals surface area (Å²) in [4.78, 5) is 36.8. The van der Waals surface area contributed by atoms with Crippen LogP contribution in [0.25, 0.3) is 22.1 Å². The number of fused-ring (bicyclic) bond motifs is 2. The molecule has 0 bridgehead atoms. The zero-order chi connectivity index (χ0) is 16.8. The Labute approximate surface area is 140 Å². The van der Waals surface area contributed by atoms with E-state index in [-0.39, 0.29) is 16.9 Å². The SMILES string of the molecule is O=C(O)c1[nH]c2ncnc(Nc3cc4cn[nH]c4[nH]c3=O)c2c1Br. The largest absolute Gasteiger partial charge is 0.477 e. The molecule has 0 aliphatic heterocycles. The van der Waals surface area contributed by atoms with Gasteiger partial charge in [0.15, 0.2) is 0 Å². The van der Waals surface area contributed by atoms with Gasteiger partial charge in [0.2, 0.25) is 0 Å². The van der Waals surface area contributed by atoms with Gasteiger partial charge in [-0.1, -0.05) is 0 Å². The highest BCUT2D eigenvalue weighted by Crippen LogP contribution is 2.32. The molecule has 0 aliphatic carbocycles. The molecule has 4 rings (SSSR count). The minimum Gasteiger partial charge on any atom is -0.477 e. The summed E-state index contributed by atoms with van der Waals surface area (Å²) >= 11 is 3.24. The molecule has 0 amide bonds. The molecule has 0 saturated carbocycles. The second-order valence-corrected chi connectivity index (χ2v) is 5.70. The fourth-order valence-corrected chi connectivity index (χ4v) is 3.00. The number of nitrogens with one attached hydrogen (secondary N) is 4. The number of rotatable bonds is 3. The molecule has 4 aromatic rings. The number of pyridine rings is 1. The highest BCUT2D eigenvalue weighted by molar-refractivity contribution is 9.10. The molecule has 0 radical (unpaired) electrons. The monoisotopic (exact) mass is 389 g/mol. The van der Waals surface area contributed by atoms with E-state index >= 15 is 0 Å². The predicted molar refractivity (Wildman–Crippen MR) is 88.5 cm³/mol. The molecule has 0 unspecified atom stereocenters. The molecular weight excluding hydrogens is 382 g/mol. The lowest BCUT2D eigenvalue weighted by atomic mass is 10.3. The van der Waals surface area contributed by atoms with Crippen LogP contribution in [0.1, 0.15) is 10.5 Å². The number of aromatic amines is 3. The number of aromatic carboxylic acids is 1. The third-order valence-electron chi connectivity index (χ3n) is 3.45. The molecule has 0 aliphatic rings. The van der Waals surface area contributed by atoms with Gasteiger partial charge in [-0.2, -0.15) is 5.10 Å². The molecule has 0 atom stereocenters. The lowest BCUT2D eigenvalue weighted by Crippen LogP contribution is -2.12. The molecule has 4 heterocycles. The van der Waals surface area contributed by atoms with E-state index in [4.69, 9.17) is 0 Å². The Morgan fingerprint density at radius 3 is 2.92 bits per heavy atom. The number of nitrogens with zero attached hydrogens (tertiary/aromatic N) is 3. The highest BCUT2D eigenvalue weighted by Gasteiger charge is 2.19. The van der Waals surface area contributed by atoms with E-state index in [9.17, 15) is 14.7 Å². The number of hydrogen-bond acceptors (Lipinski definition) is 6. The zero-order valence-electron chi connectivity index (χ0n) is 11.7. The van der Waals surface area contributed by atoms with Crippen molar-refractivity contribution in [3.8, 4) is 0 Å². The minimum absolute atomic E-state index is 0.0484. The molecule has 11 heteroatoms. The minimum atomic E-state index is -1.14. The normalized spacial score (nSPS) is 11.2. The average Bonchev–Trinajstić information content (AvgIpc) is 3.12. The molecule has 4 aromatic heterocycles. The number of carboxylic acids is 1. The lowest BCUT2D eigenvalue weighted by Gasteiger charge is -2.06. The molecule has 0 saturated heterocycles. The summed E-state index contributed by atoms with van der Waals surface area (Å²) in [5.74, 6) is -0.840. The van der Waals surface area contributed by atoms with Gasteiger partial charge in [-0.05, 0) is 22.0 Å². The van der Waals surface area contributed by atoms with E-state index in [1.807, 2.05) is 0 Å². The van der Waals surface area contributed by atoms with Crippen LogP contribution in [0.5, 0.6) is 0 Å². The Balaban J connectivity index is 1.88. The van der Waals surface area contributed by atoms with Crippen molar-refractivity contribution in [3.05, 3.63) is 39.1 Å². The number of H-pyrrole nitrogens is 3. The molecular formula is C13H8BrN7O3. The summed E-state index contributed by atoms with van der Waals surface area (Å²) in [6, 6.07) is 1.62. The number of anilines is 2. The van der Waals surface area contributed by atoms with Gasteiger partial charge in [0, 0.05) is 5.39 Å². The summed E-state index contributed by atoms with van der Waals surface area (Å²) in [5.41, 5.74) is 0.664. The Kier molecular flexibility index (Phi) is 3.09. The predicted octanol–water partition coefficient (Wildman–Crippen LogP) is 1.73. The first-order valence-electron chi connectivity index (χ1n) is 6.63. The van der Waals surface area contributed by atoms with E-state index in [2.05, 4.69) is 51.4 Å². The maximum absolute atomic E-state index is 12.1. The van der Waals surface area contributed by atoms with E-state index in [0.29, 0.717) is 32.4 Å². The van der Waals surface area contributed by atoms with Gasteiger partial charge in [0.05, 0.1) is 16.1 Å².